The van der Waals surface area contributed by atoms with Gasteiger partial charge < -0.3 is 5.32 Å². The zero-order valence-corrected chi connectivity index (χ0v) is 15.5. The Bertz CT molecular complexity index is 1210. The van der Waals surface area contributed by atoms with Gasteiger partial charge in [0.15, 0.2) is 0 Å². The van der Waals surface area contributed by atoms with E-state index in [-0.39, 0.29) is 40.3 Å². The van der Waals surface area contributed by atoms with Gasteiger partial charge in [-0.3, -0.25) is 18.7 Å². The molecule has 0 atom stereocenters. The molecular formula is C20H19FN4O3. The molecule has 8 heteroatoms. The number of pyridine rings is 1. The van der Waals surface area contributed by atoms with Crippen molar-refractivity contribution < 1.29 is 9.18 Å². The molecule has 4 rings (SSSR count). The lowest BCUT2D eigenvalue weighted by atomic mass is 9.76. The van der Waals surface area contributed by atoms with Crippen molar-refractivity contribution >= 4 is 16.9 Å². The predicted molar refractivity (Wildman–Crippen MR) is 102 cm³/mol. The predicted octanol–water partition coefficient (Wildman–Crippen LogP) is 1.45. The first-order valence-electron chi connectivity index (χ1n) is 8.97. The second kappa shape index (κ2) is 6.70. The summed E-state index contributed by atoms with van der Waals surface area (Å²) in [6.45, 7) is 0. The number of nitrogens with zero attached hydrogens (tertiary/aromatic N) is 3. The number of amides is 1. The normalized spacial score (nSPS) is 18.7. The van der Waals surface area contributed by atoms with E-state index in [1.807, 2.05) is 6.07 Å². The first-order chi connectivity index (χ1) is 13.3. The zero-order valence-electron chi connectivity index (χ0n) is 15.5. The van der Waals surface area contributed by atoms with E-state index in [0.717, 1.165) is 23.0 Å². The molecule has 1 aromatic carbocycles. The molecule has 0 spiro atoms. The first kappa shape index (κ1) is 18.1. The Balaban J connectivity index is 1.51. The average Bonchev–Trinajstić information content (AvgIpc) is 2.66. The van der Waals surface area contributed by atoms with Crippen LogP contribution in [0.3, 0.4) is 0 Å². The summed E-state index contributed by atoms with van der Waals surface area (Å²) in [5.74, 6) is -0.367. The molecule has 0 radical (unpaired) electrons. The van der Waals surface area contributed by atoms with E-state index < -0.39 is 11.2 Å². The summed E-state index contributed by atoms with van der Waals surface area (Å²) >= 11 is 0. The second-order valence-electron chi connectivity index (χ2n) is 7.19. The maximum Gasteiger partial charge on any atom is 0.332 e. The molecule has 1 amide bonds. The fraction of sp³-hybridized carbons (Fsp3) is 0.300. The third-order valence-corrected chi connectivity index (χ3v) is 5.35. The van der Waals surface area contributed by atoms with Gasteiger partial charge in [-0.25, -0.2) is 14.2 Å². The molecule has 7 nitrogen and oxygen atoms in total. The smallest absolute Gasteiger partial charge is 0.332 e. The van der Waals surface area contributed by atoms with Crippen LogP contribution in [0.25, 0.3) is 11.0 Å². The van der Waals surface area contributed by atoms with Gasteiger partial charge >= 0.3 is 5.69 Å². The van der Waals surface area contributed by atoms with E-state index in [1.165, 1.54) is 43.1 Å². The zero-order chi connectivity index (χ0) is 20.0. The Morgan fingerprint density at radius 3 is 2.64 bits per heavy atom. The van der Waals surface area contributed by atoms with Gasteiger partial charge in [-0.2, -0.15) is 0 Å². The Kier molecular flexibility index (Phi) is 4.33. The summed E-state index contributed by atoms with van der Waals surface area (Å²) in [5, 5.41) is 3.13. The Labute approximate surface area is 159 Å². The largest absolute Gasteiger partial charge is 0.349 e. The summed E-state index contributed by atoms with van der Waals surface area (Å²) in [7, 11) is 2.91. The van der Waals surface area contributed by atoms with Crippen molar-refractivity contribution in [3.63, 3.8) is 0 Å². The summed E-state index contributed by atoms with van der Waals surface area (Å²) < 4.78 is 15.6. The number of hydrogen-bond donors (Lipinski definition) is 1. The van der Waals surface area contributed by atoms with Gasteiger partial charge in [0.25, 0.3) is 11.5 Å². The van der Waals surface area contributed by atoms with Crippen LogP contribution in [0.4, 0.5) is 4.39 Å². The van der Waals surface area contributed by atoms with Gasteiger partial charge in [0, 0.05) is 26.3 Å². The van der Waals surface area contributed by atoms with Crippen molar-refractivity contribution in [1.82, 2.24) is 19.4 Å². The van der Waals surface area contributed by atoms with Crippen LogP contribution in [0.5, 0.6) is 0 Å². The number of rotatable bonds is 3. The van der Waals surface area contributed by atoms with Crippen molar-refractivity contribution in [3.8, 4) is 0 Å². The number of carbonyl (C=O) groups excluding carboxylic acids is 1. The fourth-order valence-electron chi connectivity index (χ4n) is 3.63. The summed E-state index contributed by atoms with van der Waals surface area (Å²) in [6, 6.07) is 7.95. The number of fused-ring (bicyclic) bond motifs is 1. The molecule has 1 N–H and O–H groups in total. The molecule has 2 aromatic heterocycles. The molecule has 0 bridgehead atoms. The molecule has 0 unspecified atom stereocenters. The minimum absolute atomic E-state index is 0.0144. The van der Waals surface area contributed by atoms with E-state index in [1.54, 1.807) is 6.07 Å². The molecule has 0 saturated heterocycles. The van der Waals surface area contributed by atoms with E-state index in [4.69, 9.17) is 0 Å². The Hall–Kier alpha value is -3.29. The SMILES string of the molecule is Cn1c(=O)c2cc(C(=O)NC3CC(c4cccc(F)c4)C3)cnc2n(C)c1=O. The molecule has 0 aliphatic heterocycles. The number of aromatic nitrogens is 3. The van der Waals surface area contributed by atoms with E-state index in [0.29, 0.717) is 0 Å². The lowest BCUT2D eigenvalue weighted by molar-refractivity contribution is 0.0908. The highest BCUT2D eigenvalue weighted by Crippen LogP contribution is 2.37. The van der Waals surface area contributed by atoms with Crippen LogP contribution in [0.2, 0.25) is 0 Å². The molecule has 3 aromatic rings. The lowest BCUT2D eigenvalue weighted by Crippen LogP contribution is -2.43. The van der Waals surface area contributed by atoms with Crippen molar-refractivity contribution in [1.29, 1.82) is 0 Å². The van der Waals surface area contributed by atoms with Gasteiger partial charge in [-0.1, -0.05) is 12.1 Å². The minimum Gasteiger partial charge on any atom is -0.349 e. The summed E-state index contributed by atoms with van der Waals surface area (Å²) in [5.41, 5.74) is 0.467. The third kappa shape index (κ3) is 3.00. The number of nitrogens with one attached hydrogen (secondary N) is 1. The second-order valence-corrected chi connectivity index (χ2v) is 7.19. The highest BCUT2D eigenvalue weighted by atomic mass is 19.1. The highest BCUT2D eigenvalue weighted by molar-refractivity contribution is 5.96. The number of carbonyl (C=O) groups is 1. The monoisotopic (exact) mass is 382 g/mol. The molecule has 1 fully saturated rings. The molecule has 1 saturated carbocycles. The van der Waals surface area contributed by atoms with E-state index in [9.17, 15) is 18.8 Å². The van der Waals surface area contributed by atoms with E-state index >= 15 is 0 Å². The summed E-state index contributed by atoms with van der Waals surface area (Å²) in [6.07, 6.45) is 2.82. The van der Waals surface area contributed by atoms with E-state index in [2.05, 4.69) is 10.3 Å². The van der Waals surface area contributed by atoms with Crippen LogP contribution in [0.1, 0.15) is 34.7 Å². The fourth-order valence-corrected chi connectivity index (χ4v) is 3.63. The van der Waals surface area contributed by atoms with Crippen LogP contribution < -0.4 is 16.6 Å². The molecular weight excluding hydrogens is 363 g/mol. The highest BCUT2D eigenvalue weighted by Gasteiger charge is 2.31. The van der Waals surface area contributed by atoms with Crippen molar-refractivity contribution in [3.05, 3.63) is 74.3 Å². The van der Waals surface area contributed by atoms with Crippen molar-refractivity contribution in [2.45, 2.75) is 24.8 Å². The Morgan fingerprint density at radius 2 is 1.93 bits per heavy atom. The molecule has 2 heterocycles. The third-order valence-electron chi connectivity index (χ3n) is 5.35. The standard InChI is InChI=1S/C20H19FN4O3/c1-24-17-16(19(27)25(2)20(24)28)9-13(10-22-17)18(26)23-15-7-12(8-15)11-4-3-5-14(21)6-11/h3-6,9-10,12,15H,7-8H2,1-2H3,(H,23,26). The first-order valence-corrected chi connectivity index (χ1v) is 8.97. The van der Waals surface area contributed by atoms with Crippen LogP contribution in [0, 0.1) is 5.82 Å². The molecule has 28 heavy (non-hydrogen) atoms. The quantitative estimate of drug-likeness (QED) is 0.743. The van der Waals surface area contributed by atoms with Crippen molar-refractivity contribution in [2.24, 2.45) is 14.1 Å². The molecule has 1 aliphatic carbocycles. The molecule has 144 valence electrons. The number of benzene rings is 1. The van der Waals surface area contributed by atoms with Crippen molar-refractivity contribution in [2.75, 3.05) is 0 Å². The summed E-state index contributed by atoms with van der Waals surface area (Å²) in [4.78, 5) is 41.0. The number of hydrogen-bond acceptors (Lipinski definition) is 4. The van der Waals surface area contributed by atoms with Gasteiger partial charge in [-0.15, -0.1) is 0 Å². The van der Waals surface area contributed by atoms with Gasteiger partial charge in [0.1, 0.15) is 11.5 Å². The molecule has 1 aliphatic rings. The minimum atomic E-state index is -0.491. The van der Waals surface area contributed by atoms with Gasteiger partial charge in [0.2, 0.25) is 0 Å². The van der Waals surface area contributed by atoms with Crippen LogP contribution >= 0.6 is 0 Å². The van der Waals surface area contributed by atoms with Gasteiger partial charge in [0.05, 0.1) is 10.9 Å². The van der Waals surface area contributed by atoms with Gasteiger partial charge in [-0.05, 0) is 42.5 Å². The van der Waals surface area contributed by atoms with Crippen LogP contribution in [-0.4, -0.2) is 26.1 Å². The number of halogens is 1. The number of aryl methyl sites for hydroxylation is 1. The van der Waals surface area contributed by atoms with Crippen LogP contribution in [-0.2, 0) is 14.1 Å². The van der Waals surface area contributed by atoms with Crippen LogP contribution in [0.15, 0.2) is 46.1 Å². The maximum absolute atomic E-state index is 13.3. The Morgan fingerprint density at radius 1 is 1.18 bits per heavy atom. The topological polar surface area (TPSA) is 86.0 Å². The maximum atomic E-state index is 13.3. The lowest BCUT2D eigenvalue weighted by Gasteiger charge is -2.36. The average molecular weight is 382 g/mol.